The van der Waals surface area contributed by atoms with E-state index in [4.69, 9.17) is 0 Å². The average Bonchev–Trinajstić information content (AvgIpc) is 2.31. The molecule has 0 fully saturated rings. The van der Waals surface area contributed by atoms with E-state index in [0.29, 0.717) is 0 Å². The largest absolute Gasteiger partial charge is 2.00 e. The van der Waals surface area contributed by atoms with E-state index in [1.165, 1.54) is 13.8 Å². The molecule has 0 saturated carbocycles. The summed E-state index contributed by atoms with van der Waals surface area (Å²) in [5.74, 6) is -1.33. The molecule has 0 rings (SSSR count). The quantitative estimate of drug-likeness (QED) is 0.358. The van der Waals surface area contributed by atoms with Crippen LogP contribution in [0.15, 0.2) is 0 Å². The zero-order chi connectivity index (χ0) is 19.6. The van der Waals surface area contributed by atoms with Crippen LogP contribution < -0.4 is 10.6 Å². The first-order chi connectivity index (χ1) is 10.6. The van der Waals surface area contributed by atoms with Crippen LogP contribution in [0.25, 0.3) is 0 Å². The Balaban J connectivity index is -0.000000372. The summed E-state index contributed by atoms with van der Waals surface area (Å²) in [6.07, 6.45) is 0.316. The van der Waals surface area contributed by atoms with E-state index in [1.807, 2.05) is 0 Å². The van der Waals surface area contributed by atoms with Gasteiger partial charge < -0.3 is 19.7 Å². The number of amides is 2. The number of carbonyl (C=O) groups excluding carboxylic acids is 2. The summed E-state index contributed by atoms with van der Waals surface area (Å²) in [5, 5.41) is 4.95. The van der Waals surface area contributed by atoms with Crippen molar-refractivity contribution in [3.05, 3.63) is 0 Å². The van der Waals surface area contributed by atoms with Crippen LogP contribution in [0.5, 0.6) is 0 Å². The van der Waals surface area contributed by atoms with Gasteiger partial charge in [0.05, 0.1) is 20.2 Å². The number of hydrogen-bond acceptors (Lipinski definition) is 8. The Hall–Kier alpha value is -0.474. The van der Waals surface area contributed by atoms with Gasteiger partial charge in [-0.1, -0.05) is 0 Å². The molecule has 2 unspecified atom stereocenters. The molecule has 0 aliphatic rings. The van der Waals surface area contributed by atoms with Crippen LogP contribution in [0.4, 0.5) is 0 Å². The Morgan fingerprint density at radius 1 is 0.800 bits per heavy atom. The molecule has 0 aromatic carbocycles. The zero-order valence-electron chi connectivity index (χ0n) is 14.8. The fourth-order valence-corrected chi connectivity index (χ4v) is 2.77. The van der Waals surface area contributed by atoms with Gasteiger partial charge in [-0.25, -0.2) is 16.8 Å². The van der Waals surface area contributed by atoms with E-state index in [0.717, 1.165) is 0 Å². The molecule has 10 nitrogen and oxygen atoms in total. The van der Waals surface area contributed by atoms with Crippen LogP contribution in [-0.4, -0.2) is 84.4 Å². The van der Waals surface area contributed by atoms with Crippen LogP contribution in [0.3, 0.4) is 0 Å². The third-order valence-electron chi connectivity index (χ3n) is 2.50. The molecule has 144 valence electrons. The molecule has 0 saturated heterocycles. The predicted octanol–water partition coefficient (Wildman–Crippen LogP) is -1.49. The number of rotatable bonds is 8. The van der Waals surface area contributed by atoms with Crippen LogP contribution in [0.1, 0.15) is 40.5 Å². The summed E-state index contributed by atoms with van der Waals surface area (Å²) in [5.41, 5.74) is 0. The summed E-state index contributed by atoms with van der Waals surface area (Å²) < 4.78 is 60.9. The fourth-order valence-electron chi connectivity index (χ4n) is 1.48. The van der Waals surface area contributed by atoms with Gasteiger partial charge in [-0.15, -0.1) is 0 Å². The van der Waals surface area contributed by atoms with Crippen molar-refractivity contribution in [1.82, 2.24) is 10.6 Å². The van der Waals surface area contributed by atoms with Gasteiger partial charge in [0.1, 0.15) is 0 Å². The number of nitrogens with one attached hydrogen (secondary N) is 2. The smallest absolute Gasteiger partial charge is 0.748 e. The van der Waals surface area contributed by atoms with Crippen LogP contribution in [0.2, 0.25) is 0 Å². The zero-order valence-corrected chi connectivity index (χ0v) is 17.8. The Morgan fingerprint density at radius 2 is 1.04 bits per heavy atom. The molecule has 13 heteroatoms. The normalized spacial score (nSPS) is 13.4. The summed E-state index contributed by atoms with van der Waals surface area (Å²) in [7, 11) is -8.31. The van der Waals surface area contributed by atoms with Gasteiger partial charge in [0.15, 0.2) is 0 Å². The van der Waals surface area contributed by atoms with Crippen LogP contribution >= 0.6 is 0 Å². The molecule has 2 amide bonds. The second kappa shape index (κ2) is 13.7. The summed E-state index contributed by atoms with van der Waals surface area (Å²) in [6, 6.07) is -0.544. The molecule has 0 aromatic rings. The Bertz CT molecular complexity index is 553. The maximum absolute atomic E-state index is 10.4. The van der Waals surface area contributed by atoms with E-state index < -0.39 is 31.7 Å². The van der Waals surface area contributed by atoms with Gasteiger partial charge in [-0.3, -0.25) is 9.59 Å². The summed E-state index contributed by atoms with van der Waals surface area (Å²) >= 11 is 0. The Morgan fingerprint density at radius 3 is 1.20 bits per heavy atom. The van der Waals surface area contributed by atoms with E-state index in [1.54, 1.807) is 13.8 Å². The standard InChI is InChI=1S/2C6H13NO4S.Mg/c2*1-5(7-6(2)8)3-4-12(9,10)11;/h2*5H,3-4H2,1-2H3,(H,7,8)(H,9,10,11);/q;;+2/p-2. The molecule has 0 spiro atoms. The van der Waals surface area contributed by atoms with Crippen molar-refractivity contribution in [2.75, 3.05) is 11.5 Å². The molecule has 0 aromatic heterocycles. The van der Waals surface area contributed by atoms with Crippen molar-refractivity contribution >= 4 is 55.1 Å². The average molecular weight is 413 g/mol. The number of hydrogen-bond donors (Lipinski definition) is 2. The minimum atomic E-state index is -4.16. The Labute approximate surface area is 165 Å². The molecule has 0 radical (unpaired) electrons. The second-order valence-corrected chi connectivity index (χ2v) is 8.35. The monoisotopic (exact) mass is 412 g/mol. The molecular formula is C12H24MgN2O8S2. The SMILES string of the molecule is CC(=O)NC(C)CCS(=O)(=O)[O-].CC(=O)NC(C)CCS(=O)(=O)[O-].[Mg+2]. The van der Waals surface area contributed by atoms with Gasteiger partial charge in [0.2, 0.25) is 11.8 Å². The van der Waals surface area contributed by atoms with Crippen molar-refractivity contribution < 1.29 is 35.5 Å². The third kappa shape index (κ3) is 28.6. The van der Waals surface area contributed by atoms with E-state index >= 15 is 0 Å². The summed E-state index contributed by atoms with van der Waals surface area (Å²) in [6.45, 7) is 5.96. The van der Waals surface area contributed by atoms with Crippen LogP contribution in [-0.2, 0) is 29.8 Å². The van der Waals surface area contributed by atoms with Crippen molar-refractivity contribution in [1.29, 1.82) is 0 Å². The van der Waals surface area contributed by atoms with Gasteiger partial charge in [0, 0.05) is 37.4 Å². The molecule has 2 atom stereocenters. The molecule has 0 aliphatic carbocycles. The van der Waals surface area contributed by atoms with Crippen molar-refractivity contribution in [3.63, 3.8) is 0 Å². The van der Waals surface area contributed by atoms with E-state index in [2.05, 4.69) is 10.6 Å². The maximum Gasteiger partial charge on any atom is 2.00 e. The van der Waals surface area contributed by atoms with Gasteiger partial charge in [-0.2, -0.15) is 0 Å². The van der Waals surface area contributed by atoms with Crippen molar-refractivity contribution in [2.45, 2.75) is 52.6 Å². The van der Waals surface area contributed by atoms with Crippen LogP contribution in [0, 0.1) is 0 Å². The summed E-state index contributed by atoms with van der Waals surface area (Å²) in [4.78, 5) is 20.9. The molecule has 0 heterocycles. The molecule has 0 aliphatic heterocycles. The minimum absolute atomic E-state index is 0. The first-order valence-corrected chi connectivity index (χ1v) is 10.2. The maximum atomic E-state index is 10.4. The van der Waals surface area contributed by atoms with Gasteiger partial charge >= 0.3 is 23.1 Å². The third-order valence-corrected chi connectivity index (χ3v) is 3.97. The van der Waals surface area contributed by atoms with Crippen molar-refractivity contribution in [2.24, 2.45) is 0 Å². The first-order valence-electron chi connectivity index (χ1n) is 7.03. The Kier molecular flexibility index (Phi) is 16.0. The van der Waals surface area contributed by atoms with Gasteiger partial charge in [-0.05, 0) is 26.7 Å². The minimum Gasteiger partial charge on any atom is -0.748 e. The molecule has 0 bridgehead atoms. The van der Waals surface area contributed by atoms with E-state index in [9.17, 15) is 35.5 Å². The van der Waals surface area contributed by atoms with E-state index in [-0.39, 0.29) is 59.8 Å². The van der Waals surface area contributed by atoms with Gasteiger partial charge in [0.25, 0.3) is 0 Å². The molecule has 25 heavy (non-hydrogen) atoms. The topological polar surface area (TPSA) is 173 Å². The fraction of sp³-hybridized carbons (Fsp3) is 0.833. The predicted molar refractivity (Wildman–Crippen MR) is 90.7 cm³/mol. The molecule has 2 N–H and O–H groups in total. The second-order valence-electron chi connectivity index (χ2n) is 5.30. The van der Waals surface area contributed by atoms with Crippen molar-refractivity contribution in [3.8, 4) is 0 Å². The molecular weight excluding hydrogens is 389 g/mol. The number of carbonyl (C=O) groups is 2. The first kappa shape index (κ1) is 29.3.